The Morgan fingerprint density at radius 3 is 1.77 bits per heavy atom. The maximum Gasteiger partial charge on any atom is 0.226 e. The van der Waals surface area contributed by atoms with Gasteiger partial charge in [0.15, 0.2) is 0 Å². The van der Waals surface area contributed by atoms with Crippen molar-refractivity contribution in [3.05, 3.63) is 168 Å². The molecule has 5 aliphatic rings. The van der Waals surface area contributed by atoms with Crippen molar-refractivity contribution >= 4 is 75.1 Å². The third kappa shape index (κ3) is 3.56. The second-order valence-electron chi connectivity index (χ2n) is 12.8. The fraction of sp³-hybridized carbons (Fsp3) is 0.0476. The molecule has 6 aromatic carbocycles. The van der Waals surface area contributed by atoms with Gasteiger partial charge in [0.05, 0.1) is 28.8 Å². The molecule has 0 saturated carbocycles. The zero-order valence-corrected chi connectivity index (χ0v) is 27.0. The second kappa shape index (κ2) is 9.84. The van der Waals surface area contributed by atoms with Gasteiger partial charge >= 0.3 is 0 Å². The van der Waals surface area contributed by atoms with Crippen LogP contribution < -0.4 is 20.7 Å². The van der Waals surface area contributed by atoms with Gasteiger partial charge in [0, 0.05) is 36.7 Å². The summed E-state index contributed by atoms with van der Waals surface area (Å²) in [6, 6.07) is 54.4. The van der Waals surface area contributed by atoms with Gasteiger partial charge < -0.3 is 9.80 Å². The summed E-state index contributed by atoms with van der Waals surface area (Å²) >= 11 is 3.83. The van der Waals surface area contributed by atoms with E-state index in [0.29, 0.717) is 0 Å². The molecule has 1 aliphatic carbocycles. The second-order valence-corrected chi connectivity index (χ2v) is 15.0. The quantitative estimate of drug-likeness (QED) is 0.175. The fourth-order valence-corrected chi connectivity index (χ4v) is 11.0. The van der Waals surface area contributed by atoms with E-state index in [1.807, 2.05) is 23.5 Å². The van der Waals surface area contributed by atoms with Crippen LogP contribution in [0, 0.1) is 0 Å². The first-order chi connectivity index (χ1) is 23.3. The number of nitrogens with zero attached hydrogens (tertiary/aromatic N) is 2. The van der Waals surface area contributed by atoms with E-state index in [9.17, 15) is 0 Å². The third-order valence-electron chi connectivity index (χ3n) is 10.5. The highest BCUT2D eigenvalue weighted by molar-refractivity contribution is 8.00. The van der Waals surface area contributed by atoms with Crippen LogP contribution in [0.25, 0.3) is 11.1 Å². The summed E-state index contributed by atoms with van der Waals surface area (Å²) in [5, 5.41) is 0. The molecule has 47 heavy (non-hydrogen) atoms. The molecule has 2 unspecified atom stereocenters. The lowest BCUT2D eigenvalue weighted by Crippen LogP contribution is -2.64. The first-order valence-electron chi connectivity index (χ1n) is 16.3. The summed E-state index contributed by atoms with van der Waals surface area (Å²) in [6.07, 6.45) is 2.54. The number of benzene rings is 6. The van der Waals surface area contributed by atoms with E-state index < -0.39 is 0 Å². The monoisotopic (exact) mass is 634 g/mol. The molecular weight excluding hydrogens is 607 g/mol. The van der Waals surface area contributed by atoms with Crippen LogP contribution >= 0.6 is 23.5 Å². The molecule has 0 N–H and O–H groups in total. The normalized spacial score (nSPS) is 19.2. The highest BCUT2D eigenvalue weighted by atomic mass is 32.2. The Morgan fingerprint density at radius 2 is 1.04 bits per heavy atom. The Morgan fingerprint density at radius 1 is 0.489 bits per heavy atom. The Bertz CT molecular complexity index is 2350. The SMILES string of the molecule is C1=C(c2ccccc2)C2C3B(c4cccc5c4N(C3=C1c1ccccc1)c1ccccc1S5)c1cccc3c1N2c1ccccc1S3. The molecule has 11 rings (SSSR count). The van der Waals surface area contributed by atoms with E-state index in [-0.39, 0.29) is 18.6 Å². The topological polar surface area (TPSA) is 6.48 Å². The summed E-state index contributed by atoms with van der Waals surface area (Å²) in [4.78, 5) is 10.7. The van der Waals surface area contributed by atoms with E-state index in [4.69, 9.17) is 0 Å². The molecule has 0 bridgehead atoms. The Kier molecular flexibility index (Phi) is 5.50. The molecule has 220 valence electrons. The lowest BCUT2D eigenvalue weighted by molar-refractivity contribution is 0.726. The molecule has 4 aliphatic heterocycles. The molecule has 0 fully saturated rings. The average molecular weight is 635 g/mol. The minimum atomic E-state index is 0.0964. The Hall–Kier alpha value is -4.84. The van der Waals surface area contributed by atoms with Crippen LogP contribution in [-0.4, -0.2) is 12.8 Å². The van der Waals surface area contributed by atoms with Crippen LogP contribution in [0.2, 0.25) is 5.82 Å². The number of rotatable bonds is 2. The van der Waals surface area contributed by atoms with Gasteiger partial charge in [0.1, 0.15) is 0 Å². The molecule has 2 nitrogen and oxygen atoms in total. The minimum Gasteiger partial charge on any atom is -0.332 e. The average Bonchev–Trinajstić information content (AvgIpc) is 3.14. The highest BCUT2D eigenvalue weighted by Gasteiger charge is 2.57. The molecule has 2 atom stereocenters. The summed E-state index contributed by atoms with van der Waals surface area (Å²) in [5.41, 5.74) is 14.8. The van der Waals surface area contributed by atoms with Gasteiger partial charge in [0.25, 0.3) is 0 Å². The van der Waals surface area contributed by atoms with E-state index >= 15 is 0 Å². The smallest absolute Gasteiger partial charge is 0.226 e. The minimum absolute atomic E-state index is 0.0964. The predicted octanol–water partition coefficient (Wildman–Crippen LogP) is 9.78. The number of hydrogen-bond donors (Lipinski definition) is 0. The lowest BCUT2D eigenvalue weighted by Gasteiger charge is -2.57. The van der Waals surface area contributed by atoms with Crippen LogP contribution in [0.1, 0.15) is 11.1 Å². The van der Waals surface area contributed by atoms with Crippen molar-refractivity contribution in [2.75, 3.05) is 9.80 Å². The zero-order valence-electron chi connectivity index (χ0n) is 25.4. The Balaban J connectivity index is 1.33. The molecule has 0 spiro atoms. The van der Waals surface area contributed by atoms with Crippen molar-refractivity contribution in [1.29, 1.82) is 0 Å². The summed E-state index contributed by atoms with van der Waals surface area (Å²) in [5.74, 6) is 0.170. The molecule has 5 heteroatoms. The Labute approximate surface area is 283 Å². The van der Waals surface area contributed by atoms with Crippen molar-refractivity contribution < 1.29 is 0 Å². The fourth-order valence-electron chi connectivity index (χ4n) is 8.76. The van der Waals surface area contributed by atoms with Crippen molar-refractivity contribution in [2.24, 2.45) is 0 Å². The van der Waals surface area contributed by atoms with Crippen molar-refractivity contribution in [3.8, 4) is 0 Å². The van der Waals surface area contributed by atoms with Gasteiger partial charge in [-0.15, -0.1) is 0 Å². The van der Waals surface area contributed by atoms with E-state index in [1.54, 1.807) is 0 Å². The van der Waals surface area contributed by atoms with Gasteiger partial charge in [-0.1, -0.05) is 133 Å². The van der Waals surface area contributed by atoms with E-state index in [2.05, 4.69) is 161 Å². The number of anilines is 4. The van der Waals surface area contributed by atoms with E-state index in [1.165, 1.54) is 81.2 Å². The van der Waals surface area contributed by atoms with Gasteiger partial charge in [-0.3, -0.25) is 0 Å². The molecular formula is C42H27BN2S2. The van der Waals surface area contributed by atoms with Crippen molar-refractivity contribution in [2.45, 2.75) is 31.4 Å². The van der Waals surface area contributed by atoms with Gasteiger partial charge in [-0.05, 0) is 70.1 Å². The summed E-state index contributed by atoms with van der Waals surface area (Å²) in [7, 11) is 0. The van der Waals surface area contributed by atoms with Crippen LogP contribution in [0.4, 0.5) is 22.7 Å². The maximum absolute atomic E-state index is 2.72. The first kappa shape index (κ1) is 26.3. The first-order valence-corrected chi connectivity index (χ1v) is 17.9. The number of allylic oxidation sites excluding steroid dienone is 2. The highest BCUT2D eigenvalue weighted by Crippen LogP contribution is 2.62. The molecule has 6 aromatic rings. The summed E-state index contributed by atoms with van der Waals surface area (Å²) in [6.45, 7) is 0.204. The number of hydrogen-bond acceptors (Lipinski definition) is 4. The number of fused-ring (bicyclic) bond motifs is 8. The molecule has 0 aromatic heterocycles. The van der Waals surface area contributed by atoms with Crippen molar-refractivity contribution in [1.82, 2.24) is 0 Å². The standard InChI is InChI=1S/C42H27BN2S2/c1-3-13-26(14-4-1)28-25-29(27-15-5-2-6-16-27)40-38-39(28)44-32-19-7-9-21-34(32)46-36-23-11-17-30(41(36)44)43(38)31-18-12-24-37-42(31)45(40)33-20-8-10-22-35(33)47-37/h1-25,38-39H. The van der Waals surface area contributed by atoms with Gasteiger partial charge in [-0.25, -0.2) is 0 Å². The number of para-hydroxylation sites is 4. The summed E-state index contributed by atoms with van der Waals surface area (Å²) < 4.78 is 0. The van der Waals surface area contributed by atoms with Crippen LogP contribution in [-0.2, 0) is 0 Å². The van der Waals surface area contributed by atoms with Gasteiger partial charge in [0.2, 0.25) is 6.71 Å². The lowest BCUT2D eigenvalue weighted by atomic mass is 9.27. The third-order valence-corrected chi connectivity index (χ3v) is 12.7. The van der Waals surface area contributed by atoms with Crippen LogP contribution in [0.5, 0.6) is 0 Å². The molecule has 0 radical (unpaired) electrons. The molecule has 0 amide bonds. The largest absolute Gasteiger partial charge is 0.332 e. The maximum atomic E-state index is 2.72. The predicted molar refractivity (Wildman–Crippen MR) is 199 cm³/mol. The molecule has 4 heterocycles. The van der Waals surface area contributed by atoms with Gasteiger partial charge in [-0.2, -0.15) is 0 Å². The van der Waals surface area contributed by atoms with Crippen LogP contribution in [0.15, 0.2) is 177 Å². The van der Waals surface area contributed by atoms with Crippen LogP contribution in [0.3, 0.4) is 0 Å². The van der Waals surface area contributed by atoms with Crippen molar-refractivity contribution in [3.63, 3.8) is 0 Å². The molecule has 0 saturated heterocycles. The van der Waals surface area contributed by atoms with E-state index in [0.717, 1.165) is 0 Å². The zero-order chi connectivity index (χ0) is 30.6.